The molecule has 1 aliphatic rings. The molecule has 0 radical (unpaired) electrons. The first-order chi connectivity index (χ1) is 10.4. The molecule has 0 aliphatic heterocycles. The van der Waals surface area contributed by atoms with Crippen molar-refractivity contribution in [3.05, 3.63) is 0 Å². The van der Waals surface area contributed by atoms with E-state index in [0.717, 1.165) is 12.8 Å². The molecule has 1 fully saturated rings. The molecule has 1 rings (SSSR count). The van der Waals surface area contributed by atoms with Crippen LogP contribution in [0.15, 0.2) is 0 Å². The van der Waals surface area contributed by atoms with E-state index in [1.807, 2.05) is 13.8 Å². The molecular formula is C17H31NO4. The van der Waals surface area contributed by atoms with Gasteiger partial charge in [0.2, 0.25) is 0 Å². The fourth-order valence-electron chi connectivity index (χ4n) is 2.94. The number of hydrogen-bond acceptors (Lipinski definition) is 3. The second-order valence-corrected chi connectivity index (χ2v) is 6.71. The highest BCUT2D eigenvalue weighted by molar-refractivity contribution is 5.81. The average Bonchev–Trinajstić information content (AvgIpc) is 2.70. The molecule has 1 saturated carbocycles. The Kier molecular flexibility index (Phi) is 8.46. The maximum absolute atomic E-state index is 12.6. The van der Waals surface area contributed by atoms with Crippen LogP contribution < -0.4 is 0 Å². The second kappa shape index (κ2) is 9.82. The standard InChI is InChI=1S/C17H31NO4/c1-13(2)12-18(11-10-16(19)20)17(21)14(3)22-15-8-6-4-5-7-9-15/h13-15H,4-12H2,1-3H3,(H,19,20). The van der Waals surface area contributed by atoms with E-state index < -0.39 is 12.1 Å². The molecule has 5 nitrogen and oxygen atoms in total. The molecule has 22 heavy (non-hydrogen) atoms. The molecule has 0 aromatic heterocycles. The zero-order chi connectivity index (χ0) is 16.5. The summed E-state index contributed by atoms with van der Waals surface area (Å²) >= 11 is 0. The van der Waals surface area contributed by atoms with Crippen LogP contribution in [0.4, 0.5) is 0 Å². The molecule has 1 atom stereocenters. The van der Waals surface area contributed by atoms with Gasteiger partial charge in [-0.2, -0.15) is 0 Å². The van der Waals surface area contributed by atoms with Gasteiger partial charge < -0.3 is 14.7 Å². The molecule has 5 heteroatoms. The molecule has 1 unspecified atom stereocenters. The van der Waals surface area contributed by atoms with E-state index in [2.05, 4.69) is 0 Å². The highest BCUT2D eigenvalue weighted by Crippen LogP contribution is 2.21. The normalized spacial score (nSPS) is 18.0. The predicted molar refractivity (Wildman–Crippen MR) is 85.7 cm³/mol. The lowest BCUT2D eigenvalue weighted by molar-refractivity contribution is -0.148. The molecule has 1 N–H and O–H groups in total. The SMILES string of the molecule is CC(C)CN(CCC(=O)O)C(=O)C(C)OC1CCCCCC1. The third-order valence-electron chi connectivity index (χ3n) is 4.04. The Hall–Kier alpha value is -1.10. The van der Waals surface area contributed by atoms with Crippen LogP contribution in [-0.2, 0) is 14.3 Å². The topological polar surface area (TPSA) is 66.8 Å². The summed E-state index contributed by atoms with van der Waals surface area (Å²) in [5, 5.41) is 8.84. The van der Waals surface area contributed by atoms with Crippen LogP contribution in [-0.4, -0.2) is 47.2 Å². The van der Waals surface area contributed by atoms with Crippen LogP contribution in [0.5, 0.6) is 0 Å². The highest BCUT2D eigenvalue weighted by Gasteiger charge is 2.25. The molecule has 0 spiro atoms. The molecule has 0 heterocycles. The van der Waals surface area contributed by atoms with E-state index >= 15 is 0 Å². The van der Waals surface area contributed by atoms with Crippen molar-refractivity contribution in [2.45, 2.75) is 77.9 Å². The largest absolute Gasteiger partial charge is 0.481 e. The fourth-order valence-corrected chi connectivity index (χ4v) is 2.94. The lowest BCUT2D eigenvalue weighted by Crippen LogP contribution is -2.43. The van der Waals surface area contributed by atoms with E-state index in [9.17, 15) is 9.59 Å². The van der Waals surface area contributed by atoms with Gasteiger partial charge in [-0.1, -0.05) is 39.5 Å². The Bertz CT molecular complexity index is 349. The van der Waals surface area contributed by atoms with Crippen molar-refractivity contribution in [2.75, 3.05) is 13.1 Å². The first-order valence-corrected chi connectivity index (χ1v) is 8.56. The summed E-state index contributed by atoms with van der Waals surface area (Å²) in [6.45, 7) is 6.67. The summed E-state index contributed by atoms with van der Waals surface area (Å²) in [4.78, 5) is 25.0. The number of amides is 1. The van der Waals surface area contributed by atoms with Gasteiger partial charge in [0.25, 0.3) is 5.91 Å². The third-order valence-corrected chi connectivity index (χ3v) is 4.04. The van der Waals surface area contributed by atoms with Gasteiger partial charge in [0.15, 0.2) is 0 Å². The molecule has 1 amide bonds. The minimum Gasteiger partial charge on any atom is -0.481 e. The van der Waals surface area contributed by atoms with Crippen LogP contribution in [0.25, 0.3) is 0 Å². The average molecular weight is 313 g/mol. The van der Waals surface area contributed by atoms with E-state index in [1.165, 1.54) is 25.7 Å². The highest BCUT2D eigenvalue weighted by atomic mass is 16.5. The fraction of sp³-hybridized carbons (Fsp3) is 0.882. The number of aliphatic carboxylic acids is 1. The monoisotopic (exact) mass is 313 g/mol. The van der Waals surface area contributed by atoms with Gasteiger partial charge in [0.05, 0.1) is 12.5 Å². The molecule has 0 saturated heterocycles. The number of ether oxygens (including phenoxy) is 1. The van der Waals surface area contributed by atoms with E-state index in [4.69, 9.17) is 9.84 Å². The van der Waals surface area contributed by atoms with Crippen LogP contribution in [0.1, 0.15) is 65.7 Å². The molecule has 128 valence electrons. The molecule has 0 bridgehead atoms. The first-order valence-electron chi connectivity index (χ1n) is 8.56. The van der Waals surface area contributed by atoms with Gasteiger partial charge in [-0.25, -0.2) is 0 Å². The van der Waals surface area contributed by atoms with Gasteiger partial charge in [0, 0.05) is 13.1 Å². The molecule has 0 aromatic carbocycles. The third kappa shape index (κ3) is 7.25. The van der Waals surface area contributed by atoms with E-state index in [-0.39, 0.29) is 25.0 Å². The first kappa shape index (κ1) is 18.9. The lowest BCUT2D eigenvalue weighted by atomic mass is 10.1. The van der Waals surface area contributed by atoms with Crippen molar-refractivity contribution >= 4 is 11.9 Å². The molecule has 1 aliphatic carbocycles. The Morgan fingerprint density at radius 1 is 1.14 bits per heavy atom. The van der Waals surface area contributed by atoms with Gasteiger partial charge >= 0.3 is 5.97 Å². The Labute approximate surface area is 134 Å². The van der Waals surface area contributed by atoms with Crippen LogP contribution in [0.2, 0.25) is 0 Å². The van der Waals surface area contributed by atoms with Crippen molar-refractivity contribution in [2.24, 2.45) is 5.92 Å². The zero-order valence-electron chi connectivity index (χ0n) is 14.2. The minimum atomic E-state index is -0.876. The lowest BCUT2D eigenvalue weighted by Gasteiger charge is -2.29. The Balaban J connectivity index is 2.55. The number of carboxylic acid groups (broad SMARTS) is 1. The van der Waals surface area contributed by atoms with Crippen molar-refractivity contribution in [1.82, 2.24) is 4.90 Å². The van der Waals surface area contributed by atoms with Crippen LogP contribution in [0, 0.1) is 5.92 Å². The van der Waals surface area contributed by atoms with Gasteiger partial charge in [-0.05, 0) is 25.7 Å². The van der Waals surface area contributed by atoms with E-state index in [1.54, 1.807) is 11.8 Å². The summed E-state index contributed by atoms with van der Waals surface area (Å²) < 4.78 is 5.96. The summed E-state index contributed by atoms with van der Waals surface area (Å²) in [6.07, 6.45) is 6.54. The summed E-state index contributed by atoms with van der Waals surface area (Å²) in [5.74, 6) is -0.652. The number of nitrogens with zero attached hydrogens (tertiary/aromatic N) is 1. The van der Waals surface area contributed by atoms with Gasteiger partial charge in [-0.15, -0.1) is 0 Å². The summed E-state index contributed by atoms with van der Waals surface area (Å²) in [5.41, 5.74) is 0. The number of rotatable bonds is 8. The summed E-state index contributed by atoms with van der Waals surface area (Å²) in [6, 6.07) is 0. The van der Waals surface area contributed by atoms with E-state index in [0.29, 0.717) is 12.5 Å². The summed E-state index contributed by atoms with van der Waals surface area (Å²) in [7, 11) is 0. The Morgan fingerprint density at radius 3 is 2.23 bits per heavy atom. The number of carbonyl (C=O) groups is 2. The van der Waals surface area contributed by atoms with Crippen molar-refractivity contribution < 1.29 is 19.4 Å². The number of carboxylic acids is 1. The number of carbonyl (C=O) groups excluding carboxylic acids is 1. The van der Waals surface area contributed by atoms with Crippen molar-refractivity contribution in [3.63, 3.8) is 0 Å². The van der Waals surface area contributed by atoms with Crippen molar-refractivity contribution in [1.29, 1.82) is 0 Å². The van der Waals surface area contributed by atoms with Gasteiger partial charge in [0.1, 0.15) is 6.10 Å². The maximum atomic E-state index is 12.6. The maximum Gasteiger partial charge on any atom is 0.305 e. The smallest absolute Gasteiger partial charge is 0.305 e. The Morgan fingerprint density at radius 2 is 1.73 bits per heavy atom. The zero-order valence-corrected chi connectivity index (χ0v) is 14.2. The molecular weight excluding hydrogens is 282 g/mol. The molecule has 0 aromatic rings. The predicted octanol–water partition coefficient (Wildman–Crippen LogP) is 3.07. The van der Waals surface area contributed by atoms with Crippen LogP contribution in [0.3, 0.4) is 0 Å². The quantitative estimate of drug-likeness (QED) is 0.699. The minimum absolute atomic E-state index is 0.0192. The van der Waals surface area contributed by atoms with Crippen molar-refractivity contribution in [3.8, 4) is 0 Å². The second-order valence-electron chi connectivity index (χ2n) is 6.71. The van der Waals surface area contributed by atoms with Crippen LogP contribution >= 0.6 is 0 Å². The van der Waals surface area contributed by atoms with Gasteiger partial charge in [-0.3, -0.25) is 9.59 Å². The number of hydrogen-bond donors (Lipinski definition) is 1.